The predicted octanol–water partition coefficient (Wildman–Crippen LogP) is 3.32. The molecule has 0 amide bonds. The van der Waals surface area contributed by atoms with Crippen LogP contribution in [0.2, 0.25) is 5.02 Å². The molecular formula is C15H23ClN2O2. The Kier molecular flexibility index (Phi) is 5.13. The lowest BCUT2D eigenvalue weighted by Gasteiger charge is -2.39. The SMILES string of the molecule is COc1cc(Cl)cc(CNN2C(C)CCCC2C)c1O. The van der Waals surface area contributed by atoms with Gasteiger partial charge in [0, 0.05) is 35.3 Å². The number of nitrogens with one attached hydrogen (secondary N) is 1. The third-order valence-electron chi connectivity index (χ3n) is 3.98. The van der Waals surface area contributed by atoms with Gasteiger partial charge in [0.15, 0.2) is 11.5 Å². The van der Waals surface area contributed by atoms with Gasteiger partial charge in [0.25, 0.3) is 0 Å². The van der Waals surface area contributed by atoms with Gasteiger partial charge in [-0.05, 0) is 32.8 Å². The first-order valence-electron chi connectivity index (χ1n) is 7.10. The number of halogens is 1. The molecule has 1 aromatic rings. The summed E-state index contributed by atoms with van der Waals surface area (Å²) in [6.45, 7) is 4.99. The van der Waals surface area contributed by atoms with Gasteiger partial charge in [0.05, 0.1) is 7.11 Å². The molecule has 0 aliphatic carbocycles. The number of hydrogen-bond donors (Lipinski definition) is 2. The molecule has 5 heteroatoms. The van der Waals surface area contributed by atoms with E-state index in [1.807, 2.05) is 0 Å². The summed E-state index contributed by atoms with van der Waals surface area (Å²) >= 11 is 6.05. The second-order valence-corrected chi connectivity index (χ2v) is 5.92. The van der Waals surface area contributed by atoms with E-state index in [0.717, 1.165) is 5.56 Å². The lowest BCUT2D eigenvalue weighted by molar-refractivity contribution is 0.0433. The first kappa shape index (κ1) is 15.4. The van der Waals surface area contributed by atoms with Gasteiger partial charge in [0.1, 0.15) is 0 Å². The van der Waals surface area contributed by atoms with Crippen LogP contribution in [0.15, 0.2) is 12.1 Å². The Hall–Kier alpha value is -0.970. The van der Waals surface area contributed by atoms with Crippen LogP contribution in [0.3, 0.4) is 0 Å². The van der Waals surface area contributed by atoms with Gasteiger partial charge >= 0.3 is 0 Å². The molecule has 2 rings (SSSR count). The zero-order valence-corrected chi connectivity index (χ0v) is 13.1. The second kappa shape index (κ2) is 6.66. The van der Waals surface area contributed by atoms with Crippen LogP contribution in [0.25, 0.3) is 0 Å². The van der Waals surface area contributed by atoms with E-state index in [1.165, 1.54) is 26.4 Å². The summed E-state index contributed by atoms with van der Waals surface area (Å²) in [6.07, 6.45) is 3.67. The van der Waals surface area contributed by atoms with Crippen molar-refractivity contribution >= 4 is 11.6 Å². The molecule has 1 heterocycles. The zero-order valence-electron chi connectivity index (χ0n) is 12.3. The molecule has 1 aliphatic heterocycles. The lowest BCUT2D eigenvalue weighted by atomic mass is 10.00. The summed E-state index contributed by atoms with van der Waals surface area (Å²) in [4.78, 5) is 0. The summed E-state index contributed by atoms with van der Waals surface area (Å²) in [7, 11) is 1.53. The van der Waals surface area contributed by atoms with Crippen LogP contribution >= 0.6 is 11.6 Å². The highest BCUT2D eigenvalue weighted by molar-refractivity contribution is 6.30. The van der Waals surface area contributed by atoms with Crippen molar-refractivity contribution in [2.45, 2.75) is 51.7 Å². The molecule has 0 spiro atoms. The number of benzene rings is 1. The second-order valence-electron chi connectivity index (χ2n) is 5.49. The van der Waals surface area contributed by atoms with Crippen molar-refractivity contribution in [1.82, 2.24) is 10.4 Å². The number of hydrazine groups is 1. The molecule has 1 saturated heterocycles. The molecule has 0 radical (unpaired) electrons. The van der Waals surface area contributed by atoms with Gasteiger partial charge in [-0.3, -0.25) is 5.43 Å². The zero-order chi connectivity index (χ0) is 14.7. The van der Waals surface area contributed by atoms with Crippen LogP contribution in [-0.4, -0.2) is 29.3 Å². The topological polar surface area (TPSA) is 44.7 Å². The number of piperidine rings is 1. The molecular weight excluding hydrogens is 276 g/mol. The van der Waals surface area contributed by atoms with Crippen LogP contribution in [0, 0.1) is 0 Å². The Morgan fingerprint density at radius 1 is 1.35 bits per heavy atom. The third kappa shape index (κ3) is 3.37. The first-order valence-corrected chi connectivity index (χ1v) is 7.48. The molecule has 1 fully saturated rings. The highest BCUT2D eigenvalue weighted by Crippen LogP contribution is 2.33. The monoisotopic (exact) mass is 298 g/mol. The van der Waals surface area contributed by atoms with Crippen molar-refractivity contribution in [2.75, 3.05) is 7.11 Å². The lowest BCUT2D eigenvalue weighted by Crippen LogP contribution is -2.51. The summed E-state index contributed by atoms with van der Waals surface area (Å²) in [5.74, 6) is 0.566. The molecule has 2 atom stereocenters. The highest BCUT2D eigenvalue weighted by Gasteiger charge is 2.24. The van der Waals surface area contributed by atoms with Crippen LogP contribution in [0.4, 0.5) is 0 Å². The molecule has 1 aliphatic rings. The minimum Gasteiger partial charge on any atom is -0.504 e. The number of ether oxygens (including phenoxy) is 1. The molecule has 20 heavy (non-hydrogen) atoms. The Labute approximate surface area is 125 Å². The van der Waals surface area contributed by atoms with E-state index < -0.39 is 0 Å². The molecule has 0 bridgehead atoms. The first-order chi connectivity index (χ1) is 9.52. The van der Waals surface area contributed by atoms with Crippen LogP contribution in [-0.2, 0) is 6.54 Å². The van der Waals surface area contributed by atoms with E-state index in [0.29, 0.717) is 29.4 Å². The molecule has 112 valence electrons. The molecule has 2 unspecified atom stereocenters. The average molecular weight is 299 g/mol. The predicted molar refractivity (Wildman–Crippen MR) is 81.1 cm³/mol. The summed E-state index contributed by atoms with van der Waals surface area (Å²) in [6, 6.07) is 4.39. The van der Waals surface area contributed by atoms with E-state index in [1.54, 1.807) is 12.1 Å². The minimum atomic E-state index is 0.154. The van der Waals surface area contributed by atoms with E-state index in [2.05, 4.69) is 24.3 Å². The average Bonchev–Trinajstić information content (AvgIpc) is 2.41. The Balaban J connectivity index is 2.08. The minimum absolute atomic E-state index is 0.154. The molecule has 0 aromatic heterocycles. The van der Waals surface area contributed by atoms with Gasteiger partial charge in [-0.2, -0.15) is 0 Å². The van der Waals surface area contributed by atoms with Crippen molar-refractivity contribution in [3.63, 3.8) is 0 Å². The van der Waals surface area contributed by atoms with E-state index in [-0.39, 0.29) is 5.75 Å². The standard InChI is InChI=1S/C15H23ClN2O2/c1-10-5-4-6-11(2)18(10)17-9-12-7-13(16)8-14(20-3)15(12)19/h7-8,10-11,17,19H,4-6,9H2,1-3H3. The van der Waals surface area contributed by atoms with Crippen LogP contribution in [0.1, 0.15) is 38.7 Å². The number of rotatable bonds is 4. The Morgan fingerprint density at radius 2 is 2.00 bits per heavy atom. The van der Waals surface area contributed by atoms with E-state index >= 15 is 0 Å². The Bertz CT molecular complexity index is 457. The van der Waals surface area contributed by atoms with Crippen LogP contribution in [0.5, 0.6) is 11.5 Å². The highest BCUT2D eigenvalue weighted by atomic mass is 35.5. The van der Waals surface area contributed by atoms with Gasteiger partial charge in [-0.25, -0.2) is 5.01 Å². The van der Waals surface area contributed by atoms with Crippen molar-refractivity contribution in [1.29, 1.82) is 0 Å². The van der Waals surface area contributed by atoms with Crippen molar-refractivity contribution in [2.24, 2.45) is 0 Å². The number of methoxy groups -OCH3 is 1. The summed E-state index contributed by atoms with van der Waals surface area (Å²) in [5.41, 5.74) is 4.17. The normalized spacial score (nSPS) is 23.8. The largest absolute Gasteiger partial charge is 0.504 e. The number of phenolic OH excluding ortho intramolecular Hbond substituents is 1. The summed E-state index contributed by atoms with van der Waals surface area (Å²) in [5, 5.41) is 13.0. The van der Waals surface area contributed by atoms with Crippen LogP contribution < -0.4 is 10.2 Å². The van der Waals surface area contributed by atoms with Gasteiger partial charge in [0.2, 0.25) is 0 Å². The molecule has 1 aromatic carbocycles. The quantitative estimate of drug-likeness (QED) is 0.895. The number of hydrogen-bond acceptors (Lipinski definition) is 4. The fourth-order valence-electron chi connectivity index (χ4n) is 2.83. The maximum atomic E-state index is 10.1. The number of phenols is 1. The van der Waals surface area contributed by atoms with Gasteiger partial charge in [-0.1, -0.05) is 18.0 Å². The van der Waals surface area contributed by atoms with Crippen molar-refractivity contribution < 1.29 is 9.84 Å². The number of aromatic hydroxyl groups is 1. The van der Waals surface area contributed by atoms with E-state index in [9.17, 15) is 5.11 Å². The van der Waals surface area contributed by atoms with Crippen molar-refractivity contribution in [3.8, 4) is 11.5 Å². The maximum absolute atomic E-state index is 10.1. The van der Waals surface area contributed by atoms with Gasteiger partial charge in [-0.15, -0.1) is 0 Å². The van der Waals surface area contributed by atoms with E-state index in [4.69, 9.17) is 16.3 Å². The Morgan fingerprint density at radius 3 is 2.60 bits per heavy atom. The molecule has 0 saturated carbocycles. The third-order valence-corrected chi connectivity index (χ3v) is 4.20. The molecule has 4 nitrogen and oxygen atoms in total. The number of nitrogens with zero attached hydrogens (tertiary/aromatic N) is 1. The maximum Gasteiger partial charge on any atom is 0.162 e. The fraction of sp³-hybridized carbons (Fsp3) is 0.600. The van der Waals surface area contributed by atoms with Crippen molar-refractivity contribution in [3.05, 3.63) is 22.7 Å². The summed E-state index contributed by atoms with van der Waals surface area (Å²) < 4.78 is 5.12. The van der Waals surface area contributed by atoms with Gasteiger partial charge < -0.3 is 9.84 Å². The smallest absolute Gasteiger partial charge is 0.162 e. The molecule has 2 N–H and O–H groups in total. The fourth-order valence-corrected chi connectivity index (χ4v) is 3.06.